The van der Waals surface area contributed by atoms with Gasteiger partial charge < -0.3 is 15.0 Å². The van der Waals surface area contributed by atoms with Crippen molar-refractivity contribution in [2.75, 3.05) is 26.8 Å². The summed E-state index contributed by atoms with van der Waals surface area (Å²) in [6.07, 6.45) is 7.70. The minimum Gasteiger partial charge on any atom is -0.383 e. The van der Waals surface area contributed by atoms with Crippen molar-refractivity contribution in [1.29, 1.82) is 0 Å². The number of aromatic nitrogens is 2. The molecule has 21 heavy (non-hydrogen) atoms. The normalized spacial score (nSPS) is 18.1. The number of methoxy groups -OCH3 is 1. The van der Waals surface area contributed by atoms with E-state index in [9.17, 15) is 0 Å². The summed E-state index contributed by atoms with van der Waals surface area (Å²) in [7, 11) is 1.76. The van der Waals surface area contributed by atoms with Crippen LogP contribution in [0.4, 0.5) is 0 Å². The van der Waals surface area contributed by atoms with Gasteiger partial charge in [0.15, 0.2) is 0 Å². The summed E-state index contributed by atoms with van der Waals surface area (Å²) in [5, 5.41) is 0. The molecular weight excluding hydrogens is 264 g/mol. The molecule has 1 fully saturated rings. The summed E-state index contributed by atoms with van der Waals surface area (Å²) < 4.78 is 7.55. The van der Waals surface area contributed by atoms with Gasteiger partial charge in [-0.05, 0) is 32.1 Å². The molecule has 0 radical (unpaired) electrons. The lowest BCUT2D eigenvalue weighted by atomic mass is 10.1. The minimum absolute atomic E-state index is 0.227. The van der Waals surface area contributed by atoms with Gasteiger partial charge in [0.1, 0.15) is 0 Å². The molecule has 2 N–H and O–H groups in total. The molecule has 1 aliphatic carbocycles. The zero-order valence-corrected chi connectivity index (χ0v) is 13.7. The van der Waals surface area contributed by atoms with Crippen molar-refractivity contribution < 1.29 is 4.74 Å². The Kier molecular flexibility index (Phi) is 6.21. The summed E-state index contributed by atoms with van der Waals surface area (Å²) in [5.41, 5.74) is 7.38. The van der Waals surface area contributed by atoms with Crippen LogP contribution in [0.2, 0.25) is 0 Å². The number of aryl methyl sites for hydroxylation is 1. The van der Waals surface area contributed by atoms with E-state index >= 15 is 0 Å². The van der Waals surface area contributed by atoms with Gasteiger partial charge in [0.25, 0.3) is 0 Å². The molecule has 2 rings (SSSR count). The first-order valence-electron chi connectivity index (χ1n) is 8.17. The molecule has 1 heterocycles. The van der Waals surface area contributed by atoms with Crippen LogP contribution >= 0.6 is 0 Å². The molecule has 0 bridgehead atoms. The zero-order chi connectivity index (χ0) is 15.2. The Morgan fingerprint density at radius 3 is 2.86 bits per heavy atom. The average molecular weight is 294 g/mol. The first-order chi connectivity index (χ1) is 10.2. The van der Waals surface area contributed by atoms with Gasteiger partial charge in [0.2, 0.25) is 0 Å². The number of ether oxygens (including phenoxy) is 1. The maximum absolute atomic E-state index is 6.14. The molecule has 0 aliphatic heterocycles. The van der Waals surface area contributed by atoms with Crippen LogP contribution in [0.3, 0.4) is 0 Å². The van der Waals surface area contributed by atoms with E-state index in [1.54, 1.807) is 7.11 Å². The zero-order valence-electron chi connectivity index (χ0n) is 13.7. The summed E-state index contributed by atoms with van der Waals surface area (Å²) in [4.78, 5) is 6.86. The molecule has 1 saturated carbocycles. The molecule has 5 nitrogen and oxygen atoms in total. The number of nitrogens with two attached hydrogens (primary N) is 1. The predicted molar refractivity (Wildman–Crippen MR) is 85.1 cm³/mol. The number of imidazole rings is 1. The van der Waals surface area contributed by atoms with E-state index in [1.165, 1.54) is 18.5 Å². The molecule has 2 atom stereocenters. The maximum Gasteiger partial charge on any atom is 0.0948 e. The molecule has 5 heteroatoms. The van der Waals surface area contributed by atoms with E-state index in [1.807, 2.05) is 12.5 Å². The standard InChI is InChI=1S/C16H30N4O/c1-4-7-19-12-18-11-16(19)15(10-17)20(8-9-21-3)13(2)14-5-6-14/h11-15H,4-10,17H2,1-3H3. The third kappa shape index (κ3) is 4.05. The average Bonchev–Trinajstić information content (AvgIpc) is 3.24. The van der Waals surface area contributed by atoms with Crippen LogP contribution in [0, 0.1) is 5.92 Å². The van der Waals surface area contributed by atoms with Crippen molar-refractivity contribution in [3.63, 3.8) is 0 Å². The molecule has 0 aromatic carbocycles. The first-order valence-corrected chi connectivity index (χ1v) is 8.17. The van der Waals surface area contributed by atoms with E-state index < -0.39 is 0 Å². The van der Waals surface area contributed by atoms with Gasteiger partial charge in [-0.2, -0.15) is 0 Å². The van der Waals surface area contributed by atoms with E-state index in [2.05, 4.69) is 28.3 Å². The highest BCUT2D eigenvalue weighted by Gasteiger charge is 2.35. The highest BCUT2D eigenvalue weighted by Crippen LogP contribution is 2.37. The molecule has 0 amide bonds. The van der Waals surface area contributed by atoms with Crippen LogP contribution in [-0.4, -0.2) is 47.3 Å². The van der Waals surface area contributed by atoms with Crippen LogP contribution in [0.25, 0.3) is 0 Å². The molecular formula is C16H30N4O. The predicted octanol–water partition coefficient (Wildman–Crippen LogP) is 2.04. The van der Waals surface area contributed by atoms with Crippen molar-refractivity contribution >= 4 is 0 Å². The Labute approximate surface area is 128 Å². The van der Waals surface area contributed by atoms with E-state index in [0.717, 1.165) is 32.0 Å². The quantitative estimate of drug-likeness (QED) is 0.717. The van der Waals surface area contributed by atoms with Crippen LogP contribution in [0.1, 0.15) is 44.8 Å². The Balaban J connectivity index is 2.18. The summed E-state index contributed by atoms with van der Waals surface area (Å²) >= 11 is 0. The summed E-state index contributed by atoms with van der Waals surface area (Å²) in [6.45, 7) is 7.81. The van der Waals surface area contributed by atoms with Crippen molar-refractivity contribution in [1.82, 2.24) is 14.5 Å². The second-order valence-electron chi connectivity index (χ2n) is 6.07. The Morgan fingerprint density at radius 1 is 1.52 bits per heavy atom. The smallest absolute Gasteiger partial charge is 0.0948 e. The van der Waals surface area contributed by atoms with Crippen molar-refractivity contribution in [2.24, 2.45) is 11.7 Å². The molecule has 1 aromatic rings. The Bertz CT molecular complexity index is 416. The van der Waals surface area contributed by atoms with Crippen molar-refractivity contribution in [2.45, 2.75) is 51.7 Å². The van der Waals surface area contributed by atoms with Gasteiger partial charge >= 0.3 is 0 Å². The number of rotatable bonds is 10. The lowest BCUT2D eigenvalue weighted by molar-refractivity contribution is 0.0804. The lowest BCUT2D eigenvalue weighted by Crippen LogP contribution is -2.43. The highest BCUT2D eigenvalue weighted by molar-refractivity contribution is 5.08. The number of nitrogens with zero attached hydrogens (tertiary/aromatic N) is 3. The Morgan fingerprint density at radius 2 is 2.29 bits per heavy atom. The molecule has 0 spiro atoms. The van der Waals surface area contributed by atoms with Crippen LogP contribution in [-0.2, 0) is 11.3 Å². The molecule has 0 saturated heterocycles. The van der Waals surface area contributed by atoms with Gasteiger partial charge in [-0.1, -0.05) is 6.92 Å². The molecule has 120 valence electrons. The van der Waals surface area contributed by atoms with Gasteiger partial charge in [0.05, 0.1) is 24.7 Å². The summed E-state index contributed by atoms with van der Waals surface area (Å²) in [6, 6.07) is 0.781. The van der Waals surface area contributed by atoms with E-state index in [4.69, 9.17) is 10.5 Å². The van der Waals surface area contributed by atoms with Gasteiger partial charge in [-0.3, -0.25) is 4.90 Å². The third-order valence-corrected chi connectivity index (χ3v) is 4.55. The fourth-order valence-electron chi connectivity index (χ4n) is 3.15. The van der Waals surface area contributed by atoms with E-state index in [-0.39, 0.29) is 6.04 Å². The van der Waals surface area contributed by atoms with E-state index in [0.29, 0.717) is 12.6 Å². The topological polar surface area (TPSA) is 56.3 Å². The van der Waals surface area contributed by atoms with Crippen LogP contribution in [0.15, 0.2) is 12.5 Å². The second kappa shape index (κ2) is 7.92. The van der Waals surface area contributed by atoms with Crippen molar-refractivity contribution in [3.8, 4) is 0 Å². The second-order valence-corrected chi connectivity index (χ2v) is 6.07. The third-order valence-electron chi connectivity index (χ3n) is 4.55. The summed E-state index contributed by atoms with van der Waals surface area (Å²) in [5.74, 6) is 0.818. The van der Waals surface area contributed by atoms with Crippen molar-refractivity contribution in [3.05, 3.63) is 18.2 Å². The number of hydrogen-bond donors (Lipinski definition) is 1. The van der Waals surface area contributed by atoms with Crippen LogP contribution in [0.5, 0.6) is 0 Å². The first kappa shape index (κ1) is 16.5. The molecule has 1 aliphatic rings. The lowest BCUT2D eigenvalue weighted by Gasteiger charge is -2.36. The van der Waals surface area contributed by atoms with Gasteiger partial charge in [-0.15, -0.1) is 0 Å². The fourth-order valence-corrected chi connectivity index (χ4v) is 3.15. The largest absolute Gasteiger partial charge is 0.383 e. The molecule has 2 unspecified atom stereocenters. The van der Waals surface area contributed by atoms with Gasteiger partial charge in [0, 0.05) is 39.0 Å². The Hall–Kier alpha value is -0.910. The maximum atomic E-state index is 6.14. The molecule has 1 aromatic heterocycles. The van der Waals surface area contributed by atoms with Gasteiger partial charge in [-0.25, -0.2) is 4.98 Å². The highest BCUT2D eigenvalue weighted by atomic mass is 16.5. The number of hydrogen-bond acceptors (Lipinski definition) is 4. The van der Waals surface area contributed by atoms with Crippen LogP contribution < -0.4 is 5.73 Å². The SMILES string of the molecule is CCCn1cncc1C(CN)N(CCOC)C(C)C1CC1. The fraction of sp³-hybridized carbons (Fsp3) is 0.812. The minimum atomic E-state index is 0.227. The monoisotopic (exact) mass is 294 g/mol.